The number of hydrogen-bond donors (Lipinski definition) is 1. The molecule has 0 atom stereocenters. The second-order valence-electron chi connectivity index (χ2n) is 6.60. The minimum Gasteiger partial charge on any atom is -0.310 e. The first-order chi connectivity index (χ1) is 14.0. The number of halogens is 1. The van der Waals surface area contributed by atoms with Gasteiger partial charge in [0.05, 0.1) is 22.2 Å². The number of rotatable bonds is 6. The van der Waals surface area contributed by atoms with E-state index in [1.807, 2.05) is 19.9 Å². The van der Waals surface area contributed by atoms with Crippen molar-refractivity contribution >= 4 is 45.0 Å². The molecule has 3 heterocycles. The van der Waals surface area contributed by atoms with E-state index in [4.69, 9.17) is 0 Å². The van der Waals surface area contributed by atoms with Crippen molar-refractivity contribution in [1.29, 1.82) is 0 Å². The summed E-state index contributed by atoms with van der Waals surface area (Å²) < 4.78 is 15.9. The fourth-order valence-corrected chi connectivity index (χ4v) is 4.83. The average molecular weight is 428 g/mol. The number of hydrogen-bond acceptors (Lipinski definition) is 6. The summed E-state index contributed by atoms with van der Waals surface area (Å²) in [5.74, 6) is 0.502. The number of carbonyl (C=O) groups excluding carboxylic acids is 1. The predicted molar refractivity (Wildman–Crippen MR) is 115 cm³/mol. The first-order valence-corrected chi connectivity index (χ1v) is 10.8. The third-order valence-corrected chi connectivity index (χ3v) is 6.47. The zero-order valence-electron chi connectivity index (χ0n) is 15.8. The molecule has 1 N–H and O–H groups in total. The van der Waals surface area contributed by atoms with Gasteiger partial charge in [0.1, 0.15) is 23.0 Å². The van der Waals surface area contributed by atoms with Crippen LogP contribution in [0, 0.1) is 5.82 Å². The lowest BCUT2D eigenvalue weighted by molar-refractivity contribution is -0.113. The number of amides is 1. The van der Waals surface area contributed by atoms with E-state index < -0.39 is 0 Å². The summed E-state index contributed by atoms with van der Waals surface area (Å²) in [6.45, 7) is 4.01. The Kier molecular flexibility index (Phi) is 5.59. The predicted octanol–water partition coefficient (Wildman–Crippen LogP) is 5.01. The van der Waals surface area contributed by atoms with Crippen LogP contribution in [0.3, 0.4) is 0 Å². The van der Waals surface area contributed by atoms with Crippen molar-refractivity contribution in [3.05, 3.63) is 54.7 Å². The molecule has 0 aliphatic carbocycles. The van der Waals surface area contributed by atoms with Crippen molar-refractivity contribution in [2.45, 2.75) is 24.9 Å². The monoisotopic (exact) mass is 427 g/mol. The zero-order valence-corrected chi connectivity index (χ0v) is 17.4. The van der Waals surface area contributed by atoms with Crippen LogP contribution in [0.2, 0.25) is 0 Å². The molecule has 0 unspecified atom stereocenters. The first kappa shape index (κ1) is 19.5. The van der Waals surface area contributed by atoms with Crippen molar-refractivity contribution < 1.29 is 9.18 Å². The van der Waals surface area contributed by atoms with Gasteiger partial charge in [-0.05, 0) is 37.6 Å². The number of nitrogens with one attached hydrogen (secondary N) is 1. The van der Waals surface area contributed by atoms with Crippen molar-refractivity contribution in [2.75, 3.05) is 11.1 Å². The second kappa shape index (κ2) is 8.30. The van der Waals surface area contributed by atoms with E-state index in [0.29, 0.717) is 5.82 Å². The quantitative estimate of drug-likeness (QED) is 0.346. The van der Waals surface area contributed by atoms with Gasteiger partial charge >= 0.3 is 0 Å². The summed E-state index contributed by atoms with van der Waals surface area (Å²) in [7, 11) is 0. The minimum atomic E-state index is -0.268. The van der Waals surface area contributed by atoms with Gasteiger partial charge in [-0.3, -0.25) is 4.79 Å². The van der Waals surface area contributed by atoms with E-state index in [2.05, 4.69) is 20.4 Å². The van der Waals surface area contributed by atoms with Gasteiger partial charge in [-0.2, -0.15) is 5.10 Å². The van der Waals surface area contributed by atoms with E-state index in [9.17, 15) is 9.18 Å². The molecule has 0 bridgehead atoms. The lowest BCUT2D eigenvalue weighted by Crippen LogP contribution is -2.18. The van der Waals surface area contributed by atoms with Crippen molar-refractivity contribution in [1.82, 2.24) is 19.7 Å². The molecule has 0 fully saturated rings. The zero-order chi connectivity index (χ0) is 20.4. The molecule has 0 saturated heterocycles. The Balaban J connectivity index is 1.50. The van der Waals surface area contributed by atoms with Gasteiger partial charge in [0.25, 0.3) is 0 Å². The summed E-state index contributed by atoms with van der Waals surface area (Å²) in [6.07, 6.45) is 3.16. The molecule has 1 amide bonds. The number of benzene rings is 1. The topological polar surface area (TPSA) is 72.7 Å². The van der Waals surface area contributed by atoms with Crippen LogP contribution in [0.25, 0.3) is 20.7 Å². The Labute approximate surface area is 175 Å². The molecule has 4 rings (SSSR count). The van der Waals surface area contributed by atoms with Gasteiger partial charge in [-0.15, -0.1) is 11.3 Å². The summed E-state index contributed by atoms with van der Waals surface area (Å²) >= 11 is 2.89. The molecule has 6 nitrogen and oxygen atoms in total. The largest absolute Gasteiger partial charge is 0.310 e. The Morgan fingerprint density at radius 2 is 2.03 bits per heavy atom. The number of anilines is 1. The van der Waals surface area contributed by atoms with Gasteiger partial charge in [0.2, 0.25) is 5.91 Å². The van der Waals surface area contributed by atoms with E-state index in [1.54, 1.807) is 29.1 Å². The fourth-order valence-electron chi connectivity index (χ4n) is 2.83. The molecule has 0 saturated carbocycles. The standard InChI is InChI=1S/C20H18FN5OS2/c1-12(2)26-17(7-8-24-26)25-18(27)10-28-20-19-15(22-11-23-20)9-16(29-19)13-3-5-14(21)6-4-13/h3-9,11-12H,10H2,1-2H3,(H,25,27). The van der Waals surface area contributed by atoms with E-state index in [1.165, 1.54) is 41.6 Å². The van der Waals surface area contributed by atoms with Gasteiger partial charge in [0.15, 0.2) is 0 Å². The maximum Gasteiger partial charge on any atom is 0.235 e. The summed E-state index contributed by atoms with van der Waals surface area (Å²) in [6, 6.07) is 10.3. The Morgan fingerprint density at radius 3 is 2.79 bits per heavy atom. The lowest BCUT2D eigenvalue weighted by Gasteiger charge is -2.11. The average Bonchev–Trinajstić information content (AvgIpc) is 3.34. The Morgan fingerprint density at radius 1 is 1.24 bits per heavy atom. The van der Waals surface area contributed by atoms with Crippen LogP contribution in [0.4, 0.5) is 10.2 Å². The molecule has 0 radical (unpaired) electrons. The van der Waals surface area contributed by atoms with Crippen LogP contribution in [-0.4, -0.2) is 31.4 Å². The first-order valence-electron chi connectivity index (χ1n) is 8.98. The van der Waals surface area contributed by atoms with Gasteiger partial charge in [-0.25, -0.2) is 19.0 Å². The maximum atomic E-state index is 13.2. The molecule has 0 spiro atoms. The Bertz CT molecular complexity index is 1150. The molecule has 148 valence electrons. The highest BCUT2D eigenvalue weighted by Gasteiger charge is 2.14. The Hall–Kier alpha value is -2.78. The molecule has 9 heteroatoms. The highest BCUT2D eigenvalue weighted by atomic mass is 32.2. The number of thiophene rings is 1. The minimum absolute atomic E-state index is 0.125. The molecule has 3 aromatic heterocycles. The number of aromatic nitrogens is 4. The van der Waals surface area contributed by atoms with Crippen molar-refractivity contribution in [3.8, 4) is 10.4 Å². The van der Waals surface area contributed by atoms with E-state index in [0.717, 1.165) is 25.7 Å². The molecule has 1 aromatic carbocycles. The second-order valence-corrected chi connectivity index (χ2v) is 8.62. The van der Waals surface area contributed by atoms with Crippen LogP contribution in [0.5, 0.6) is 0 Å². The third-order valence-electron chi connectivity index (χ3n) is 4.17. The van der Waals surface area contributed by atoms with Crippen LogP contribution < -0.4 is 5.32 Å². The van der Waals surface area contributed by atoms with E-state index >= 15 is 0 Å². The normalized spacial score (nSPS) is 11.3. The van der Waals surface area contributed by atoms with Gasteiger partial charge < -0.3 is 5.32 Å². The highest BCUT2D eigenvalue weighted by molar-refractivity contribution is 8.00. The van der Waals surface area contributed by atoms with Crippen molar-refractivity contribution in [3.63, 3.8) is 0 Å². The molecular formula is C20H18FN5OS2. The van der Waals surface area contributed by atoms with Crippen LogP contribution in [-0.2, 0) is 4.79 Å². The van der Waals surface area contributed by atoms with Crippen LogP contribution in [0.15, 0.2) is 53.9 Å². The number of nitrogens with zero attached hydrogens (tertiary/aromatic N) is 4. The third kappa shape index (κ3) is 4.30. The molecule has 0 aliphatic heterocycles. The smallest absolute Gasteiger partial charge is 0.235 e. The fraction of sp³-hybridized carbons (Fsp3) is 0.200. The molecule has 0 aliphatic rings. The van der Waals surface area contributed by atoms with Crippen LogP contribution >= 0.6 is 23.1 Å². The molecule has 29 heavy (non-hydrogen) atoms. The highest BCUT2D eigenvalue weighted by Crippen LogP contribution is 2.36. The number of carbonyl (C=O) groups is 1. The summed E-state index contributed by atoms with van der Waals surface area (Å²) in [5, 5.41) is 7.86. The number of thioether (sulfide) groups is 1. The van der Waals surface area contributed by atoms with Crippen LogP contribution in [0.1, 0.15) is 19.9 Å². The van der Waals surface area contributed by atoms with Gasteiger partial charge in [-0.1, -0.05) is 23.9 Å². The SMILES string of the molecule is CC(C)n1nccc1NC(=O)CSc1ncnc2cc(-c3ccc(F)cc3)sc12. The molecular weight excluding hydrogens is 409 g/mol. The number of fused-ring (bicyclic) bond motifs is 1. The van der Waals surface area contributed by atoms with Crippen molar-refractivity contribution in [2.24, 2.45) is 0 Å². The van der Waals surface area contributed by atoms with E-state index in [-0.39, 0.29) is 23.5 Å². The lowest BCUT2D eigenvalue weighted by atomic mass is 10.2. The van der Waals surface area contributed by atoms with Gasteiger partial charge in [0, 0.05) is 17.0 Å². The summed E-state index contributed by atoms with van der Waals surface area (Å²) in [5.41, 5.74) is 1.73. The maximum absolute atomic E-state index is 13.2. The summed E-state index contributed by atoms with van der Waals surface area (Å²) in [4.78, 5) is 22.1. The molecule has 4 aromatic rings.